The van der Waals surface area contributed by atoms with Crippen molar-refractivity contribution in [2.24, 2.45) is 5.73 Å². The summed E-state index contributed by atoms with van der Waals surface area (Å²) in [5.41, 5.74) is 5.65. The topological polar surface area (TPSA) is 119 Å². The first-order valence-corrected chi connectivity index (χ1v) is 14.0. The predicted molar refractivity (Wildman–Crippen MR) is 153 cm³/mol. The molecular weight excluding hydrogens is 563 g/mol. The molecule has 1 aliphatic heterocycles. The van der Waals surface area contributed by atoms with Gasteiger partial charge < -0.3 is 15.8 Å². The normalized spacial score (nSPS) is 16.3. The van der Waals surface area contributed by atoms with Crippen LogP contribution in [0.5, 0.6) is 11.6 Å². The number of alkyl halides is 3. The molecule has 6 rings (SSSR count). The quantitative estimate of drug-likeness (QED) is 0.306. The number of nitrogens with zero attached hydrogens (tertiary/aromatic N) is 5. The number of ether oxygens (including phenoxy) is 1. The molecule has 0 atom stereocenters. The monoisotopic (exact) mass is 593 g/mol. The summed E-state index contributed by atoms with van der Waals surface area (Å²) in [6.45, 7) is 3.41. The lowest BCUT2D eigenvalue weighted by molar-refractivity contribution is -0.138. The first-order valence-electron chi connectivity index (χ1n) is 14.0. The van der Waals surface area contributed by atoms with E-state index in [9.17, 15) is 22.8 Å². The van der Waals surface area contributed by atoms with Gasteiger partial charge in [0.15, 0.2) is 0 Å². The molecule has 2 aromatic carbocycles. The summed E-state index contributed by atoms with van der Waals surface area (Å²) >= 11 is 0. The Labute approximate surface area is 245 Å². The molecule has 3 N–H and O–H groups in total. The van der Waals surface area contributed by atoms with Crippen LogP contribution in [0.2, 0.25) is 0 Å². The number of carbonyl (C=O) groups is 2. The van der Waals surface area contributed by atoms with Crippen molar-refractivity contribution in [1.82, 2.24) is 24.3 Å². The number of hydrogen-bond acceptors (Lipinski definition) is 7. The summed E-state index contributed by atoms with van der Waals surface area (Å²) < 4.78 is 49.3. The average molecular weight is 594 g/mol. The number of carbonyl (C=O) groups excluding carboxylic acids is 2. The minimum absolute atomic E-state index is 0.0527. The molecule has 2 aromatic heterocycles. The van der Waals surface area contributed by atoms with Gasteiger partial charge >= 0.3 is 12.2 Å². The Bertz CT molecular complexity index is 1660. The van der Waals surface area contributed by atoms with Gasteiger partial charge in [-0.15, -0.1) is 0 Å². The minimum atomic E-state index is -4.56. The molecule has 2 amide bonds. The van der Waals surface area contributed by atoms with Crippen LogP contribution >= 0.6 is 0 Å². The van der Waals surface area contributed by atoms with Gasteiger partial charge in [0.05, 0.1) is 23.2 Å². The fourth-order valence-electron chi connectivity index (χ4n) is 5.40. The molecule has 1 saturated heterocycles. The van der Waals surface area contributed by atoms with Crippen LogP contribution in [0.15, 0.2) is 61.1 Å². The summed E-state index contributed by atoms with van der Waals surface area (Å²) in [7, 11) is 0. The summed E-state index contributed by atoms with van der Waals surface area (Å²) in [5, 5.41) is 3.26. The third kappa shape index (κ3) is 6.78. The molecule has 0 unspecified atom stereocenters. The number of hydrogen-bond donors (Lipinski definition) is 2. The molecule has 1 saturated carbocycles. The van der Waals surface area contributed by atoms with Crippen LogP contribution in [0.25, 0.3) is 10.9 Å². The van der Waals surface area contributed by atoms with E-state index in [4.69, 9.17) is 10.5 Å². The molecule has 224 valence electrons. The zero-order valence-electron chi connectivity index (χ0n) is 23.2. The molecule has 0 radical (unpaired) electrons. The van der Waals surface area contributed by atoms with Crippen molar-refractivity contribution in [2.45, 2.75) is 38.0 Å². The van der Waals surface area contributed by atoms with Gasteiger partial charge in [0.2, 0.25) is 11.8 Å². The van der Waals surface area contributed by atoms with Crippen molar-refractivity contribution >= 4 is 28.5 Å². The highest BCUT2D eigenvalue weighted by atomic mass is 19.4. The number of amides is 2. The van der Waals surface area contributed by atoms with E-state index in [1.807, 2.05) is 0 Å². The number of primary amides is 1. The minimum Gasteiger partial charge on any atom is -0.439 e. The van der Waals surface area contributed by atoms with Crippen molar-refractivity contribution in [3.8, 4) is 11.6 Å². The van der Waals surface area contributed by atoms with Gasteiger partial charge in [-0.25, -0.2) is 14.8 Å². The number of halogens is 3. The Morgan fingerprint density at radius 1 is 1.00 bits per heavy atom. The lowest BCUT2D eigenvalue weighted by atomic mass is 10.0. The van der Waals surface area contributed by atoms with Gasteiger partial charge in [0, 0.05) is 62.1 Å². The van der Waals surface area contributed by atoms with Gasteiger partial charge in [0.25, 0.3) is 0 Å². The Kier molecular flexibility index (Phi) is 7.75. The number of piperazine rings is 1. The number of anilines is 1. The highest BCUT2D eigenvalue weighted by molar-refractivity contribution is 5.98. The first kappa shape index (κ1) is 28.6. The van der Waals surface area contributed by atoms with E-state index in [1.54, 1.807) is 24.3 Å². The van der Waals surface area contributed by atoms with Crippen LogP contribution < -0.4 is 15.8 Å². The summed E-state index contributed by atoms with van der Waals surface area (Å²) in [6, 6.07) is 12.2. The highest BCUT2D eigenvalue weighted by Crippen LogP contribution is 2.35. The molecule has 13 heteroatoms. The molecule has 2 aliphatic rings. The summed E-state index contributed by atoms with van der Waals surface area (Å²) in [4.78, 5) is 36.8. The van der Waals surface area contributed by atoms with Crippen LogP contribution in [-0.4, -0.2) is 68.5 Å². The summed E-state index contributed by atoms with van der Waals surface area (Å²) in [5.74, 6) is 0.106. The molecule has 1 aliphatic carbocycles. The molecule has 2 fully saturated rings. The van der Waals surface area contributed by atoms with E-state index in [1.165, 1.54) is 48.1 Å². The number of aromatic nitrogens is 3. The van der Waals surface area contributed by atoms with Crippen molar-refractivity contribution in [2.75, 3.05) is 31.5 Å². The van der Waals surface area contributed by atoms with Crippen molar-refractivity contribution in [3.05, 3.63) is 77.9 Å². The van der Waals surface area contributed by atoms with Gasteiger partial charge in [0.1, 0.15) is 12.1 Å². The van der Waals surface area contributed by atoms with Crippen molar-refractivity contribution in [1.29, 1.82) is 0 Å². The SMILES string of the molecule is NC(=O)Cc1cc(Oc2ccc3c(ccn3C(=O)Nc3ccc(CN4CCN(C5CC5)CC4)c(C(F)(F)F)c3)c2)ncn1. The third-order valence-corrected chi connectivity index (χ3v) is 7.69. The maximum absolute atomic E-state index is 14.1. The molecular formula is C30H30F3N7O3. The van der Waals surface area contributed by atoms with E-state index >= 15 is 0 Å². The lowest BCUT2D eigenvalue weighted by Gasteiger charge is -2.35. The van der Waals surface area contributed by atoms with Crippen LogP contribution in [0.4, 0.5) is 23.7 Å². The molecule has 4 aromatic rings. The number of rotatable bonds is 8. The Balaban J connectivity index is 1.14. The van der Waals surface area contributed by atoms with Gasteiger partial charge in [-0.2, -0.15) is 13.2 Å². The fourth-order valence-corrected chi connectivity index (χ4v) is 5.40. The smallest absolute Gasteiger partial charge is 0.416 e. The molecule has 10 nitrogen and oxygen atoms in total. The molecule has 3 heterocycles. The zero-order chi connectivity index (χ0) is 30.1. The second kappa shape index (κ2) is 11.7. The van der Waals surface area contributed by atoms with E-state index in [-0.39, 0.29) is 30.1 Å². The van der Waals surface area contributed by atoms with Gasteiger partial charge in [-0.1, -0.05) is 6.07 Å². The van der Waals surface area contributed by atoms with Crippen LogP contribution in [0.3, 0.4) is 0 Å². The Hall–Kier alpha value is -4.49. The van der Waals surface area contributed by atoms with Gasteiger partial charge in [-0.3, -0.25) is 19.2 Å². The number of nitrogens with two attached hydrogens (primary N) is 1. The van der Waals surface area contributed by atoms with E-state index in [0.717, 1.165) is 32.2 Å². The average Bonchev–Trinajstić information content (AvgIpc) is 3.72. The third-order valence-electron chi connectivity index (χ3n) is 7.69. The maximum atomic E-state index is 14.1. The predicted octanol–water partition coefficient (Wildman–Crippen LogP) is 4.63. The largest absolute Gasteiger partial charge is 0.439 e. The second-order valence-corrected chi connectivity index (χ2v) is 10.8. The number of fused-ring (bicyclic) bond motifs is 1. The second-order valence-electron chi connectivity index (χ2n) is 10.8. The lowest BCUT2D eigenvalue weighted by Crippen LogP contribution is -2.46. The van der Waals surface area contributed by atoms with E-state index < -0.39 is 23.7 Å². The molecule has 0 spiro atoms. The van der Waals surface area contributed by atoms with E-state index in [2.05, 4.69) is 25.1 Å². The fraction of sp³-hybridized carbons (Fsp3) is 0.333. The van der Waals surface area contributed by atoms with Crippen LogP contribution in [-0.2, 0) is 23.9 Å². The van der Waals surface area contributed by atoms with Crippen LogP contribution in [0.1, 0.15) is 29.7 Å². The summed E-state index contributed by atoms with van der Waals surface area (Å²) in [6.07, 6.45) is 0.601. The Morgan fingerprint density at radius 2 is 1.79 bits per heavy atom. The molecule has 0 bridgehead atoms. The van der Waals surface area contributed by atoms with E-state index in [0.29, 0.717) is 28.4 Å². The Morgan fingerprint density at radius 3 is 2.51 bits per heavy atom. The first-order chi connectivity index (χ1) is 20.6. The van der Waals surface area contributed by atoms with Crippen molar-refractivity contribution in [3.63, 3.8) is 0 Å². The van der Waals surface area contributed by atoms with Crippen molar-refractivity contribution < 1.29 is 27.5 Å². The standard InChI is InChI=1S/C30H30F3N7O3/c31-30(32,33)25-14-21(2-1-20(25)17-38-9-11-39(12-10-38)23-3-4-23)37-29(42)40-8-7-19-13-24(5-6-26(19)40)43-28-16-22(15-27(34)41)35-18-36-28/h1-2,5-8,13-14,16,18,23H,3-4,9-12,15,17H2,(H2,34,41)(H,37,42). The van der Waals surface area contributed by atoms with Crippen LogP contribution in [0, 0.1) is 0 Å². The number of benzene rings is 2. The maximum Gasteiger partial charge on any atom is 0.416 e. The number of nitrogens with one attached hydrogen (secondary N) is 1. The molecule has 43 heavy (non-hydrogen) atoms. The highest BCUT2D eigenvalue weighted by Gasteiger charge is 2.35. The van der Waals surface area contributed by atoms with Gasteiger partial charge in [-0.05, 0) is 54.8 Å². The zero-order valence-corrected chi connectivity index (χ0v) is 23.2.